The zero-order chi connectivity index (χ0) is 12.8. The van der Waals surface area contributed by atoms with Crippen LogP contribution >= 0.6 is 0 Å². The molecule has 1 N–H and O–H groups in total. The van der Waals surface area contributed by atoms with Crippen molar-refractivity contribution in [1.29, 1.82) is 0 Å². The van der Waals surface area contributed by atoms with E-state index in [1.54, 1.807) is 7.11 Å². The van der Waals surface area contributed by atoms with Gasteiger partial charge in [-0.25, -0.2) is 0 Å². The number of ether oxygens (including phenoxy) is 1. The Morgan fingerprint density at radius 1 is 1.31 bits per heavy atom. The molecule has 16 heavy (non-hydrogen) atoms. The van der Waals surface area contributed by atoms with Crippen LogP contribution in [0.25, 0.3) is 0 Å². The Hall–Kier alpha value is -1.10. The molecule has 0 aromatic heterocycles. The summed E-state index contributed by atoms with van der Waals surface area (Å²) in [7, 11) is 1.56. The van der Waals surface area contributed by atoms with Gasteiger partial charge in [-0.3, -0.25) is 9.59 Å². The van der Waals surface area contributed by atoms with Crippen LogP contribution in [0, 0.1) is 0 Å². The molecule has 0 aromatic carbocycles. The highest BCUT2D eigenvalue weighted by molar-refractivity contribution is 5.84. The zero-order valence-electron chi connectivity index (χ0n) is 10.8. The molecular weight excluding hydrogens is 208 g/mol. The predicted molar refractivity (Wildman–Crippen MR) is 62.0 cm³/mol. The van der Waals surface area contributed by atoms with Gasteiger partial charge in [-0.15, -0.1) is 0 Å². The first kappa shape index (κ1) is 14.9. The molecule has 2 amide bonds. The predicted octanol–water partition coefficient (Wildman–Crippen LogP) is 0.396. The number of rotatable bonds is 5. The fourth-order valence-electron chi connectivity index (χ4n) is 1.18. The number of methoxy groups -OCH3 is 1. The SMILES string of the molecule is COCCN(CC(=O)NC(C)(C)C)C(C)=O. The van der Waals surface area contributed by atoms with Crippen molar-refractivity contribution < 1.29 is 14.3 Å². The number of nitrogens with one attached hydrogen (secondary N) is 1. The number of carbonyl (C=O) groups is 2. The largest absolute Gasteiger partial charge is 0.383 e. The molecule has 0 atom stereocenters. The van der Waals surface area contributed by atoms with Crippen LogP contribution in [0.2, 0.25) is 0 Å². The Kier molecular flexibility index (Phi) is 6.03. The summed E-state index contributed by atoms with van der Waals surface area (Å²) >= 11 is 0. The second kappa shape index (κ2) is 6.48. The molecule has 0 saturated heterocycles. The van der Waals surface area contributed by atoms with Crippen molar-refractivity contribution >= 4 is 11.8 Å². The van der Waals surface area contributed by atoms with Crippen LogP contribution in [-0.4, -0.2) is 49.1 Å². The van der Waals surface area contributed by atoms with Gasteiger partial charge in [0.15, 0.2) is 0 Å². The lowest BCUT2D eigenvalue weighted by Crippen LogP contribution is -2.47. The Bertz CT molecular complexity index is 246. The number of hydrogen-bond acceptors (Lipinski definition) is 3. The van der Waals surface area contributed by atoms with Crippen molar-refractivity contribution in [2.75, 3.05) is 26.8 Å². The first-order valence-corrected chi connectivity index (χ1v) is 5.31. The lowest BCUT2D eigenvalue weighted by molar-refractivity contribution is -0.135. The molecule has 0 fully saturated rings. The molecule has 0 aromatic rings. The molecule has 5 nitrogen and oxygen atoms in total. The third kappa shape index (κ3) is 7.23. The number of hydrogen-bond donors (Lipinski definition) is 1. The molecule has 94 valence electrons. The lowest BCUT2D eigenvalue weighted by Gasteiger charge is -2.24. The van der Waals surface area contributed by atoms with Crippen molar-refractivity contribution in [2.24, 2.45) is 0 Å². The van der Waals surface area contributed by atoms with E-state index in [2.05, 4.69) is 5.32 Å². The fourth-order valence-corrected chi connectivity index (χ4v) is 1.18. The average Bonchev–Trinajstić information content (AvgIpc) is 2.08. The minimum absolute atomic E-state index is 0.0793. The van der Waals surface area contributed by atoms with Crippen molar-refractivity contribution in [1.82, 2.24) is 10.2 Å². The molecule has 0 spiro atoms. The monoisotopic (exact) mass is 230 g/mol. The average molecular weight is 230 g/mol. The highest BCUT2D eigenvalue weighted by atomic mass is 16.5. The van der Waals surface area contributed by atoms with Crippen molar-refractivity contribution in [3.05, 3.63) is 0 Å². The van der Waals surface area contributed by atoms with Crippen LogP contribution in [-0.2, 0) is 14.3 Å². The van der Waals surface area contributed by atoms with Crippen LogP contribution < -0.4 is 5.32 Å². The normalized spacial score (nSPS) is 11.1. The summed E-state index contributed by atoms with van der Waals surface area (Å²) in [6.07, 6.45) is 0. The van der Waals surface area contributed by atoms with Gasteiger partial charge in [-0.1, -0.05) is 0 Å². The van der Waals surface area contributed by atoms with Gasteiger partial charge in [0.25, 0.3) is 0 Å². The second-order valence-corrected chi connectivity index (χ2v) is 4.73. The standard InChI is InChI=1S/C11H22N2O3/c1-9(14)13(6-7-16-5)8-10(15)12-11(2,3)4/h6-8H2,1-5H3,(H,12,15). The Morgan fingerprint density at radius 2 is 1.88 bits per heavy atom. The third-order valence-corrected chi connectivity index (χ3v) is 1.86. The maximum atomic E-state index is 11.6. The van der Waals surface area contributed by atoms with Crippen LogP contribution in [0.1, 0.15) is 27.7 Å². The number of carbonyl (C=O) groups excluding carboxylic acids is 2. The van der Waals surface area contributed by atoms with E-state index in [-0.39, 0.29) is 23.9 Å². The molecule has 0 unspecified atom stereocenters. The number of nitrogens with zero attached hydrogens (tertiary/aromatic N) is 1. The summed E-state index contributed by atoms with van der Waals surface area (Å²) < 4.78 is 4.88. The van der Waals surface area contributed by atoms with Gasteiger partial charge in [-0.05, 0) is 20.8 Å². The van der Waals surface area contributed by atoms with E-state index in [1.165, 1.54) is 11.8 Å². The smallest absolute Gasteiger partial charge is 0.240 e. The van der Waals surface area contributed by atoms with E-state index in [0.29, 0.717) is 13.2 Å². The van der Waals surface area contributed by atoms with Gasteiger partial charge < -0.3 is 15.0 Å². The van der Waals surface area contributed by atoms with E-state index >= 15 is 0 Å². The molecule has 0 bridgehead atoms. The van der Waals surface area contributed by atoms with E-state index in [4.69, 9.17) is 4.74 Å². The topological polar surface area (TPSA) is 58.6 Å². The quantitative estimate of drug-likeness (QED) is 0.743. The van der Waals surface area contributed by atoms with Gasteiger partial charge >= 0.3 is 0 Å². The van der Waals surface area contributed by atoms with Crippen LogP contribution in [0.5, 0.6) is 0 Å². The summed E-state index contributed by atoms with van der Waals surface area (Å²) in [5, 5.41) is 2.81. The van der Waals surface area contributed by atoms with Crippen molar-refractivity contribution in [3.63, 3.8) is 0 Å². The molecule has 0 rings (SSSR count). The van der Waals surface area contributed by atoms with E-state index < -0.39 is 0 Å². The van der Waals surface area contributed by atoms with Crippen molar-refractivity contribution in [2.45, 2.75) is 33.2 Å². The molecule has 0 aliphatic carbocycles. The summed E-state index contributed by atoms with van der Waals surface area (Å²) in [5.41, 5.74) is -0.277. The second-order valence-electron chi connectivity index (χ2n) is 4.73. The highest BCUT2D eigenvalue weighted by Gasteiger charge is 2.17. The molecule has 0 heterocycles. The summed E-state index contributed by atoms with van der Waals surface area (Å²) in [6.45, 7) is 8.09. The van der Waals surface area contributed by atoms with Gasteiger partial charge in [-0.2, -0.15) is 0 Å². The lowest BCUT2D eigenvalue weighted by atomic mass is 10.1. The third-order valence-electron chi connectivity index (χ3n) is 1.86. The number of amides is 2. The van der Waals surface area contributed by atoms with E-state index in [9.17, 15) is 9.59 Å². The maximum Gasteiger partial charge on any atom is 0.240 e. The fraction of sp³-hybridized carbons (Fsp3) is 0.818. The van der Waals surface area contributed by atoms with Gasteiger partial charge in [0.1, 0.15) is 0 Å². The van der Waals surface area contributed by atoms with Gasteiger partial charge in [0.2, 0.25) is 11.8 Å². The van der Waals surface area contributed by atoms with Crippen molar-refractivity contribution in [3.8, 4) is 0 Å². The first-order chi connectivity index (χ1) is 7.26. The summed E-state index contributed by atoms with van der Waals surface area (Å²) in [5.74, 6) is -0.278. The molecular formula is C11H22N2O3. The van der Waals surface area contributed by atoms with Crippen LogP contribution in [0.4, 0.5) is 0 Å². The molecule has 0 saturated carbocycles. The Morgan fingerprint density at radius 3 is 2.25 bits per heavy atom. The minimum Gasteiger partial charge on any atom is -0.383 e. The van der Waals surface area contributed by atoms with E-state index in [1.807, 2.05) is 20.8 Å². The molecule has 0 aliphatic heterocycles. The van der Waals surface area contributed by atoms with Gasteiger partial charge in [0.05, 0.1) is 13.2 Å². The van der Waals surface area contributed by atoms with Gasteiger partial charge in [0, 0.05) is 26.1 Å². The summed E-state index contributed by atoms with van der Waals surface area (Å²) in [6, 6.07) is 0. The Balaban J connectivity index is 4.19. The minimum atomic E-state index is -0.277. The summed E-state index contributed by atoms with van der Waals surface area (Å²) in [4.78, 5) is 24.3. The molecule has 5 heteroatoms. The molecule has 0 radical (unpaired) electrons. The maximum absolute atomic E-state index is 11.6. The first-order valence-electron chi connectivity index (χ1n) is 5.31. The van der Waals surface area contributed by atoms with E-state index in [0.717, 1.165) is 0 Å². The van der Waals surface area contributed by atoms with Crippen LogP contribution in [0.3, 0.4) is 0 Å². The Labute approximate surface area is 97.1 Å². The van der Waals surface area contributed by atoms with Crippen LogP contribution in [0.15, 0.2) is 0 Å². The highest BCUT2D eigenvalue weighted by Crippen LogP contribution is 1.99. The zero-order valence-corrected chi connectivity index (χ0v) is 10.8. The molecule has 0 aliphatic rings.